The summed E-state index contributed by atoms with van der Waals surface area (Å²) in [6, 6.07) is 0. The third kappa shape index (κ3) is 2.60. The lowest BCUT2D eigenvalue weighted by Gasteiger charge is -2.61. The van der Waals surface area contributed by atoms with Crippen molar-refractivity contribution < 1.29 is 19.4 Å². The van der Waals surface area contributed by atoms with E-state index in [-0.39, 0.29) is 5.60 Å². The molecule has 4 aliphatic rings. The van der Waals surface area contributed by atoms with Gasteiger partial charge >= 0.3 is 11.9 Å². The quantitative estimate of drug-likeness (QED) is 0.639. The molecular weight excluding hydrogens is 268 g/mol. The molecule has 1 N–H and O–H groups in total. The Balaban J connectivity index is 1.82. The summed E-state index contributed by atoms with van der Waals surface area (Å²) in [5, 5.41) is 8.64. The topological polar surface area (TPSA) is 63.6 Å². The van der Waals surface area contributed by atoms with Crippen molar-refractivity contribution in [3.63, 3.8) is 0 Å². The van der Waals surface area contributed by atoms with Crippen LogP contribution in [-0.2, 0) is 14.3 Å². The molecule has 0 radical (unpaired) electrons. The van der Waals surface area contributed by atoms with Gasteiger partial charge in [0.15, 0.2) is 0 Å². The Bertz CT molecular complexity index is 465. The van der Waals surface area contributed by atoms with E-state index in [1.165, 1.54) is 19.3 Å². The molecular formula is C17H24O4. The van der Waals surface area contributed by atoms with Crippen molar-refractivity contribution in [2.24, 2.45) is 29.6 Å². The van der Waals surface area contributed by atoms with Gasteiger partial charge in [0.2, 0.25) is 0 Å². The van der Waals surface area contributed by atoms with Gasteiger partial charge in [-0.1, -0.05) is 13.8 Å². The van der Waals surface area contributed by atoms with Gasteiger partial charge in [0.05, 0.1) is 0 Å². The third-order valence-electron chi connectivity index (χ3n) is 5.71. The van der Waals surface area contributed by atoms with Gasteiger partial charge in [-0.25, -0.2) is 9.59 Å². The Kier molecular flexibility index (Phi) is 3.58. The largest absolute Gasteiger partial charge is 0.478 e. The van der Waals surface area contributed by atoms with Gasteiger partial charge in [0.1, 0.15) is 5.60 Å². The Morgan fingerprint density at radius 2 is 1.76 bits per heavy atom. The molecule has 4 fully saturated rings. The molecule has 3 atom stereocenters. The molecule has 0 aromatic rings. The molecule has 0 aliphatic heterocycles. The fourth-order valence-electron chi connectivity index (χ4n) is 5.68. The van der Waals surface area contributed by atoms with Crippen molar-refractivity contribution in [2.45, 2.75) is 51.6 Å². The van der Waals surface area contributed by atoms with Crippen LogP contribution in [0.3, 0.4) is 0 Å². The average molecular weight is 292 g/mol. The lowest BCUT2D eigenvalue weighted by Crippen LogP contribution is -2.60. The van der Waals surface area contributed by atoms with Crippen LogP contribution in [0.15, 0.2) is 12.2 Å². The number of aliphatic carboxylic acids is 1. The van der Waals surface area contributed by atoms with E-state index in [0.717, 1.165) is 25.0 Å². The molecule has 3 unspecified atom stereocenters. The zero-order valence-corrected chi connectivity index (χ0v) is 12.7. The number of esters is 1. The average Bonchev–Trinajstić information content (AvgIpc) is 2.33. The molecule has 4 heteroatoms. The maximum Gasteiger partial charge on any atom is 0.331 e. The van der Waals surface area contributed by atoms with Crippen LogP contribution in [0.2, 0.25) is 0 Å². The molecule has 4 saturated carbocycles. The van der Waals surface area contributed by atoms with E-state index in [2.05, 4.69) is 13.8 Å². The van der Waals surface area contributed by atoms with Crippen molar-refractivity contribution in [1.29, 1.82) is 0 Å². The van der Waals surface area contributed by atoms with Gasteiger partial charge in [-0.05, 0) is 55.8 Å². The maximum atomic E-state index is 12.0. The number of carboxylic acid groups (broad SMARTS) is 1. The van der Waals surface area contributed by atoms with Gasteiger partial charge in [0.25, 0.3) is 0 Å². The summed E-state index contributed by atoms with van der Waals surface area (Å²) in [5.41, 5.74) is -0.344. The summed E-state index contributed by atoms with van der Waals surface area (Å²) < 4.78 is 5.89. The van der Waals surface area contributed by atoms with E-state index < -0.39 is 11.9 Å². The van der Waals surface area contributed by atoms with Crippen molar-refractivity contribution in [3.8, 4) is 0 Å². The Morgan fingerprint density at radius 3 is 2.29 bits per heavy atom. The summed E-state index contributed by atoms with van der Waals surface area (Å²) >= 11 is 0. The number of hydrogen-bond donors (Lipinski definition) is 1. The van der Waals surface area contributed by atoms with E-state index in [1.54, 1.807) is 0 Å². The van der Waals surface area contributed by atoms with Crippen molar-refractivity contribution >= 4 is 11.9 Å². The van der Waals surface area contributed by atoms with E-state index >= 15 is 0 Å². The van der Waals surface area contributed by atoms with Crippen LogP contribution in [0.4, 0.5) is 0 Å². The Hall–Kier alpha value is -1.32. The van der Waals surface area contributed by atoms with Crippen LogP contribution >= 0.6 is 0 Å². The molecule has 0 saturated heterocycles. The molecule has 21 heavy (non-hydrogen) atoms. The minimum atomic E-state index is -1.11. The van der Waals surface area contributed by atoms with Gasteiger partial charge in [0, 0.05) is 18.1 Å². The molecule has 4 nitrogen and oxygen atoms in total. The number of carboxylic acids is 1. The van der Waals surface area contributed by atoms with Gasteiger partial charge in [-0.3, -0.25) is 0 Å². The SMILES string of the molecule is CC(C)C1C2CC3CC(C2)CC1(OC(=O)/C=C/C(=O)O)C3. The fraction of sp³-hybridized carbons (Fsp3) is 0.765. The standard InChI is InChI=1S/C17H24O4/c1-10(2)16-13-6-11-5-12(7-13)9-17(16,8-11)21-15(20)4-3-14(18)19/h3-4,10-13,16H,5-9H2,1-2H3,(H,18,19)/b4-3+. The number of carbonyl (C=O) groups is 2. The Labute approximate surface area is 125 Å². The van der Waals surface area contributed by atoms with E-state index in [9.17, 15) is 9.59 Å². The zero-order valence-electron chi connectivity index (χ0n) is 12.7. The first-order valence-corrected chi connectivity index (χ1v) is 8.03. The second kappa shape index (κ2) is 5.15. The zero-order chi connectivity index (χ0) is 15.2. The van der Waals surface area contributed by atoms with E-state index in [0.29, 0.717) is 29.6 Å². The maximum absolute atomic E-state index is 12.0. The normalized spacial score (nSPS) is 40.9. The number of hydrogen-bond acceptors (Lipinski definition) is 3. The summed E-state index contributed by atoms with van der Waals surface area (Å²) in [5.74, 6) is 1.36. The highest BCUT2D eigenvalue weighted by atomic mass is 16.6. The second-order valence-electron chi connectivity index (χ2n) is 7.53. The first-order chi connectivity index (χ1) is 9.89. The smallest absolute Gasteiger partial charge is 0.331 e. The third-order valence-corrected chi connectivity index (χ3v) is 5.71. The molecule has 4 bridgehead atoms. The van der Waals surface area contributed by atoms with Crippen LogP contribution in [0, 0.1) is 29.6 Å². The predicted octanol–water partition coefficient (Wildman–Crippen LogP) is 3.02. The highest BCUT2D eigenvalue weighted by Gasteiger charge is 2.59. The summed E-state index contributed by atoms with van der Waals surface area (Å²) in [7, 11) is 0. The minimum absolute atomic E-state index is 0.344. The van der Waals surface area contributed by atoms with Crippen molar-refractivity contribution in [3.05, 3.63) is 12.2 Å². The highest BCUT2D eigenvalue weighted by Crippen LogP contribution is 2.61. The molecule has 0 heterocycles. The van der Waals surface area contributed by atoms with Gasteiger partial charge < -0.3 is 9.84 Å². The molecule has 0 aromatic carbocycles. The van der Waals surface area contributed by atoms with E-state index in [4.69, 9.17) is 9.84 Å². The second-order valence-corrected chi connectivity index (χ2v) is 7.53. The fourth-order valence-corrected chi connectivity index (χ4v) is 5.68. The molecule has 0 spiro atoms. The highest BCUT2D eigenvalue weighted by molar-refractivity contribution is 5.90. The minimum Gasteiger partial charge on any atom is -0.478 e. The lowest BCUT2D eigenvalue weighted by atomic mass is 9.47. The summed E-state index contributed by atoms with van der Waals surface area (Å²) in [6.07, 6.45) is 7.70. The van der Waals surface area contributed by atoms with Crippen LogP contribution < -0.4 is 0 Å². The molecule has 4 rings (SSSR count). The molecule has 0 amide bonds. The molecule has 0 aromatic heterocycles. The predicted molar refractivity (Wildman–Crippen MR) is 77.5 cm³/mol. The number of ether oxygens (including phenoxy) is 1. The van der Waals surface area contributed by atoms with Gasteiger partial charge in [-0.2, -0.15) is 0 Å². The first-order valence-electron chi connectivity index (χ1n) is 8.03. The van der Waals surface area contributed by atoms with Crippen LogP contribution in [0.1, 0.15) is 46.0 Å². The first kappa shape index (κ1) is 14.6. The Morgan fingerprint density at radius 1 is 1.14 bits per heavy atom. The number of carbonyl (C=O) groups excluding carboxylic acids is 1. The summed E-state index contributed by atoms with van der Waals surface area (Å²) in [4.78, 5) is 22.6. The van der Waals surface area contributed by atoms with Crippen molar-refractivity contribution in [1.82, 2.24) is 0 Å². The van der Waals surface area contributed by atoms with Crippen LogP contribution in [-0.4, -0.2) is 22.6 Å². The van der Waals surface area contributed by atoms with Crippen LogP contribution in [0.25, 0.3) is 0 Å². The number of rotatable bonds is 4. The lowest BCUT2D eigenvalue weighted by molar-refractivity contribution is -0.211. The monoisotopic (exact) mass is 292 g/mol. The van der Waals surface area contributed by atoms with Crippen LogP contribution in [0.5, 0.6) is 0 Å². The van der Waals surface area contributed by atoms with E-state index in [1.807, 2.05) is 0 Å². The molecule has 116 valence electrons. The van der Waals surface area contributed by atoms with Gasteiger partial charge in [-0.15, -0.1) is 0 Å². The summed E-state index contributed by atoms with van der Waals surface area (Å²) in [6.45, 7) is 4.44. The van der Waals surface area contributed by atoms with Crippen molar-refractivity contribution in [2.75, 3.05) is 0 Å². The molecule has 4 aliphatic carbocycles.